The largest absolute Gasteiger partial charge is 0.393 e. The molecule has 0 bridgehead atoms. The maximum absolute atomic E-state index is 5.20. The summed E-state index contributed by atoms with van der Waals surface area (Å²) in [6, 6.07) is 0. The van der Waals surface area contributed by atoms with Crippen molar-refractivity contribution in [3.63, 3.8) is 0 Å². The minimum Gasteiger partial charge on any atom is -0.393 e. The highest BCUT2D eigenvalue weighted by molar-refractivity contribution is 4.98. The molecule has 0 spiro atoms. The number of nitrogens with two attached hydrogens (primary N) is 1. The van der Waals surface area contributed by atoms with E-state index in [-0.39, 0.29) is 0 Å². The van der Waals surface area contributed by atoms with Gasteiger partial charge in [-0.3, -0.25) is 5.84 Å². The summed E-state index contributed by atoms with van der Waals surface area (Å²) >= 11 is 0. The van der Waals surface area contributed by atoms with E-state index in [1.807, 2.05) is 13.2 Å². The molecule has 0 saturated carbocycles. The predicted molar refractivity (Wildman–Crippen MR) is 39.3 cm³/mol. The van der Waals surface area contributed by atoms with E-state index in [0.717, 1.165) is 5.70 Å². The third-order valence-electron chi connectivity index (χ3n) is 1.09. The van der Waals surface area contributed by atoms with E-state index in [1.165, 1.54) is 0 Å². The van der Waals surface area contributed by atoms with Crippen molar-refractivity contribution in [3.05, 3.63) is 11.9 Å². The van der Waals surface area contributed by atoms with E-state index in [9.17, 15) is 0 Å². The first-order valence-corrected chi connectivity index (χ1v) is 3.06. The van der Waals surface area contributed by atoms with Gasteiger partial charge in [-0.2, -0.15) is 0 Å². The van der Waals surface area contributed by atoms with Crippen LogP contribution in [0.5, 0.6) is 0 Å². The lowest BCUT2D eigenvalue weighted by Crippen LogP contribution is -2.25. The monoisotopic (exact) mass is 129 g/mol. The second kappa shape index (κ2) is 4.21. The summed E-state index contributed by atoms with van der Waals surface area (Å²) in [4.78, 5) is 0. The fourth-order valence-corrected chi connectivity index (χ4v) is 0.531. The van der Waals surface area contributed by atoms with Gasteiger partial charge >= 0.3 is 0 Å². The summed E-state index contributed by atoms with van der Waals surface area (Å²) in [6.45, 7) is 4.14. The Morgan fingerprint density at radius 3 is 2.22 bits per heavy atom. The number of rotatable bonds is 3. The molecule has 0 aromatic heterocycles. The number of hydrazine groups is 1. The molecular weight excluding hydrogens is 114 g/mol. The molecule has 0 unspecified atom stereocenters. The van der Waals surface area contributed by atoms with E-state index < -0.39 is 0 Å². The molecule has 0 saturated heterocycles. The molecule has 0 aliphatic heterocycles. The minimum absolute atomic E-state index is 0.447. The van der Waals surface area contributed by atoms with Gasteiger partial charge in [0.15, 0.2) is 0 Å². The van der Waals surface area contributed by atoms with Gasteiger partial charge in [0.25, 0.3) is 0 Å². The van der Waals surface area contributed by atoms with Crippen LogP contribution in [-0.4, -0.2) is 7.05 Å². The van der Waals surface area contributed by atoms with Crippen LogP contribution in [0.3, 0.4) is 0 Å². The fraction of sp³-hybridized carbons (Fsp3) is 0.667. The van der Waals surface area contributed by atoms with E-state index >= 15 is 0 Å². The molecule has 0 aliphatic carbocycles. The van der Waals surface area contributed by atoms with Crippen LogP contribution in [0.1, 0.15) is 13.8 Å². The van der Waals surface area contributed by atoms with Crippen LogP contribution in [0.4, 0.5) is 0 Å². The maximum atomic E-state index is 5.20. The van der Waals surface area contributed by atoms with Crippen LogP contribution in [0, 0.1) is 5.92 Å². The molecule has 3 heteroatoms. The summed E-state index contributed by atoms with van der Waals surface area (Å²) in [7, 11) is 1.85. The van der Waals surface area contributed by atoms with Crippen molar-refractivity contribution in [1.29, 1.82) is 0 Å². The molecule has 0 radical (unpaired) electrons. The zero-order valence-electron chi connectivity index (χ0n) is 6.23. The molecule has 0 atom stereocenters. The zero-order valence-corrected chi connectivity index (χ0v) is 6.23. The van der Waals surface area contributed by atoms with E-state index in [4.69, 9.17) is 5.84 Å². The van der Waals surface area contributed by atoms with Gasteiger partial charge in [0.05, 0.1) is 0 Å². The van der Waals surface area contributed by atoms with Gasteiger partial charge in [-0.25, -0.2) is 0 Å². The van der Waals surface area contributed by atoms with E-state index in [1.54, 1.807) is 0 Å². The lowest BCUT2D eigenvalue weighted by Gasteiger charge is -2.08. The minimum atomic E-state index is 0.447. The summed E-state index contributed by atoms with van der Waals surface area (Å²) in [6.07, 6.45) is 1.85. The van der Waals surface area contributed by atoms with Crippen molar-refractivity contribution in [2.45, 2.75) is 13.8 Å². The molecular formula is C6H15N3. The molecule has 0 amide bonds. The van der Waals surface area contributed by atoms with Crippen molar-refractivity contribution in [2.75, 3.05) is 7.05 Å². The quantitative estimate of drug-likeness (QED) is 0.376. The highest BCUT2D eigenvalue weighted by atomic mass is 15.2. The van der Waals surface area contributed by atoms with Crippen LogP contribution in [0.2, 0.25) is 0 Å². The lowest BCUT2D eigenvalue weighted by atomic mass is 10.1. The average molecular weight is 129 g/mol. The number of allylic oxidation sites excluding steroid dienone is 1. The Bertz CT molecular complexity index is 96.5. The van der Waals surface area contributed by atoms with Gasteiger partial charge in [-0.05, 0) is 5.92 Å². The Morgan fingerprint density at radius 1 is 1.56 bits per heavy atom. The van der Waals surface area contributed by atoms with Crippen LogP contribution in [-0.2, 0) is 0 Å². The first-order valence-electron chi connectivity index (χ1n) is 3.06. The van der Waals surface area contributed by atoms with E-state index in [0.29, 0.717) is 5.92 Å². The summed E-state index contributed by atoms with van der Waals surface area (Å²) < 4.78 is 0. The molecule has 0 heterocycles. The normalized spacial score (nSPS) is 11.9. The molecule has 0 fully saturated rings. The van der Waals surface area contributed by atoms with Crippen molar-refractivity contribution >= 4 is 0 Å². The van der Waals surface area contributed by atoms with Gasteiger partial charge in [0.1, 0.15) is 0 Å². The molecule has 0 aromatic rings. The molecule has 0 aromatic carbocycles. The Labute approximate surface area is 56.3 Å². The SMILES string of the molecule is CN/C=C(\NN)C(C)C. The van der Waals surface area contributed by atoms with Gasteiger partial charge in [-0.1, -0.05) is 13.8 Å². The van der Waals surface area contributed by atoms with Crippen LogP contribution in [0.25, 0.3) is 0 Å². The smallest absolute Gasteiger partial charge is 0.0440 e. The number of hydrogen-bond acceptors (Lipinski definition) is 3. The van der Waals surface area contributed by atoms with Gasteiger partial charge in [0.2, 0.25) is 0 Å². The topological polar surface area (TPSA) is 50.1 Å². The molecule has 0 rings (SSSR count). The molecule has 0 aliphatic rings. The number of nitrogens with one attached hydrogen (secondary N) is 2. The third-order valence-corrected chi connectivity index (χ3v) is 1.09. The van der Waals surface area contributed by atoms with Gasteiger partial charge in [0, 0.05) is 18.9 Å². The first-order chi connectivity index (χ1) is 4.22. The van der Waals surface area contributed by atoms with Gasteiger partial charge in [-0.15, -0.1) is 0 Å². The molecule has 54 valence electrons. The molecule has 9 heavy (non-hydrogen) atoms. The Morgan fingerprint density at radius 2 is 2.11 bits per heavy atom. The van der Waals surface area contributed by atoms with Crippen molar-refractivity contribution < 1.29 is 0 Å². The van der Waals surface area contributed by atoms with Crippen molar-refractivity contribution in [1.82, 2.24) is 10.7 Å². The van der Waals surface area contributed by atoms with Crippen LogP contribution < -0.4 is 16.6 Å². The first kappa shape index (κ1) is 8.30. The van der Waals surface area contributed by atoms with Crippen molar-refractivity contribution in [2.24, 2.45) is 11.8 Å². The Hall–Kier alpha value is -0.700. The molecule has 4 N–H and O–H groups in total. The predicted octanol–water partition coefficient (Wildman–Crippen LogP) is 0.166. The molecule has 3 nitrogen and oxygen atoms in total. The maximum Gasteiger partial charge on any atom is 0.0440 e. The van der Waals surface area contributed by atoms with Crippen LogP contribution >= 0.6 is 0 Å². The highest BCUT2D eigenvalue weighted by Crippen LogP contribution is 2.01. The summed E-state index contributed by atoms with van der Waals surface area (Å²) in [5.41, 5.74) is 3.61. The van der Waals surface area contributed by atoms with Crippen LogP contribution in [0.15, 0.2) is 11.9 Å². The Balaban J connectivity index is 3.81. The second-order valence-electron chi connectivity index (χ2n) is 2.19. The summed E-state index contributed by atoms with van der Waals surface area (Å²) in [5.74, 6) is 5.65. The van der Waals surface area contributed by atoms with E-state index in [2.05, 4.69) is 24.6 Å². The number of hydrogen-bond donors (Lipinski definition) is 3. The third kappa shape index (κ3) is 2.98. The summed E-state index contributed by atoms with van der Waals surface area (Å²) in [5, 5.41) is 2.90. The van der Waals surface area contributed by atoms with Crippen molar-refractivity contribution in [3.8, 4) is 0 Å². The lowest BCUT2D eigenvalue weighted by molar-refractivity contribution is 0.662. The van der Waals surface area contributed by atoms with Gasteiger partial charge < -0.3 is 10.7 Å². The second-order valence-corrected chi connectivity index (χ2v) is 2.19. The highest BCUT2D eigenvalue weighted by Gasteiger charge is 1.97. The average Bonchev–Trinajstić information content (AvgIpc) is 1.82. The Kier molecular flexibility index (Phi) is 3.88. The fourth-order valence-electron chi connectivity index (χ4n) is 0.531. The standard InChI is InChI=1S/C6H15N3/c1-5(2)6(9-7)4-8-3/h4-5,8-9H,7H2,1-3H3/b6-4-. The zero-order chi connectivity index (χ0) is 7.28.